The van der Waals surface area contributed by atoms with Crippen LogP contribution in [0.1, 0.15) is 0 Å². The number of Topliss-reactive ketones (excluding diaryl/α,β-unsaturated/α-hetero) is 1. The molecule has 4 atom stereocenters. The zero-order chi connectivity index (χ0) is 12.9. The van der Waals surface area contributed by atoms with E-state index in [-0.39, 0.29) is 0 Å². The van der Waals surface area contributed by atoms with Crippen molar-refractivity contribution >= 4 is 11.6 Å². The number of carbonyl (C=O) groups excluding carboxylic acids is 2. The maximum absolute atomic E-state index is 11.0. The Balaban J connectivity index is 4.60. The predicted molar refractivity (Wildman–Crippen MR) is 51.3 cm³/mol. The largest absolute Gasteiger partial charge is 0.394 e. The summed E-state index contributed by atoms with van der Waals surface area (Å²) in [6, 6.07) is 0. The van der Waals surface area contributed by atoms with E-state index in [1.807, 2.05) is 0 Å². The van der Waals surface area contributed by atoms with Gasteiger partial charge in [0.25, 0.3) is 0 Å². The Kier molecular flexibility index (Phi) is 6.01. The van der Waals surface area contributed by atoms with Gasteiger partial charge < -0.3 is 25.5 Å². The molecule has 5 N–H and O–H groups in total. The lowest BCUT2D eigenvalue weighted by molar-refractivity contribution is -0.152. The Morgan fingerprint density at radius 1 is 1.12 bits per heavy atom. The predicted octanol–water partition coefficient (Wildman–Crippen LogP) is -3.25. The van der Waals surface area contributed by atoms with Crippen LogP contribution < -0.4 is 0 Å². The van der Waals surface area contributed by atoms with Crippen molar-refractivity contribution in [1.29, 1.82) is 0 Å². The van der Waals surface area contributed by atoms with Crippen LogP contribution in [0.5, 0.6) is 0 Å². The van der Waals surface area contributed by atoms with Crippen molar-refractivity contribution in [3.05, 3.63) is 12.7 Å². The quantitative estimate of drug-likeness (QED) is 0.230. The number of carbonyl (C=O) groups is 2. The Morgan fingerprint density at radius 3 is 2.00 bits per heavy atom. The molecule has 0 fully saturated rings. The molecule has 0 rings (SSSR count). The standard InChI is InChI=1S/C9H14O7/c1-2-4(11)6(13)8(15)9(16)7(14)5(12)3-10/h2,5,7-10,12,14-16H,1,3H2/t5-,7+,8+,9+/m1/s1. The van der Waals surface area contributed by atoms with E-state index in [0.717, 1.165) is 0 Å². The second-order valence-electron chi connectivity index (χ2n) is 3.11. The van der Waals surface area contributed by atoms with E-state index in [4.69, 9.17) is 15.3 Å². The molecule has 7 nitrogen and oxygen atoms in total. The number of rotatable bonds is 7. The fourth-order valence-corrected chi connectivity index (χ4v) is 0.924. The summed E-state index contributed by atoms with van der Waals surface area (Å²) >= 11 is 0. The van der Waals surface area contributed by atoms with Gasteiger partial charge in [-0.3, -0.25) is 9.59 Å². The van der Waals surface area contributed by atoms with Crippen molar-refractivity contribution in [2.45, 2.75) is 24.4 Å². The van der Waals surface area contributed by atoms with Gasteiger partial charge in [-0.1, -0.05) is 6.58 Å². The fourth-order valence-electron chi connectivity index (χ4n) is 0.924. The summed E-state index contributed by atoms with van der Waals surface area (Å²) < 4.78 is 0. The highest BCUT2D eigenvalue weighted by Gasteiger charge is 2.35. The Hall–Kier alpha value is -1.12. The van der Waals surface area contributed by atoms with Gasteiger partial charge in [0.2, 0.25) is 11.6 Å². The van der Waals surface area contributed by atoms with E-state index in [1.54, 1.807) is 0 Å². The Labute approximate surface area is 91.3 Å². The van der Waals surface area contributed by atoms with Crippen LogP contribution in [-0.2, 0) is 9.59 Å². The minimum Gasteiger partial charge on any atom is -0.394 e. The van der Waals surface area contributed by atoms with Crippen molar-refractivity contribution in [3.8, 4) is 0 Å². The fraction of sp³-hybridized carbons (Fsp3) is 0.556. The first-order chi connectivity index (χ1) is 7.36. The van der Waals surface area contributed by atoms with Crippen LogP contribution in [0.25, 0.3) is 0 Å². The molecular formula is C9H14O7. The number of aliphatic hydroxyl groups excluding tert-OH is 5. The third-order valence-corrected chi connectivity index (χ3v) is 1.95. The van der Waals surface area contributed by atoms with E-state index in [0.29, 0.717) is 6.08 Å². The summed E-state index contributed by atoms with van der Waals surface area (Å²) in [6.45, 7) is 2.14. The molecule has 0 saturated carbocycles. The van der Waals surface area contributed by atoms with Crippen LogP contribution in [0.4, 0.5) is 0 Å². The minimum atomic E-state index is -2.18. The van der Waals surface area contributed by atoms with Crippen molar-refractivity contribution in [3.63, 3.8) is 0 Å². The molecule has 0 bridgehead atoms. The van der Waals surface area contributed by atoms with Crippen LogP contribution in [-0.4, -0.2) is 68.1 Å². The molecule has 0 aliphatic heterocycles. The van der Waals surface area contributed by atoms with Gasteiger partial charge in [0.1, 0.15) is 24.4 Å². The highest BCUT2D eigenvalue weighted by Crippen LogP contribution is 2.06. The smallest absolute Gasteiger partial charge is 0.233 e. The summed E-state index contributed by atoms with van der Waals surface area (Å²) in [5.74, 6) is -2.48. The minimum absolute atomic E-state index is 0.646. The third-order valence-electron chi connectivity index (χ3n) is 1.95. The van der Waals surface area contributed by atoms with Gasteiger partial charge in [0.15, 0.2) is 0 Å². The molecule has 92 valence electrons. The second-order valence-corrected chi connectivity index (χ2v) is 3.11. The van der Waals surface area contributed by atoms with Crippen LogP contribution in [0.2, 0.25) is 0 Å². The van der Waals surface area contributed by atoms with E-state index >= 15 is 0 Å². The van der Waals surface area contributed by atoms with Gasteiger partial charge in [-0.15, -0.1) is 0 Å². The molecule has 0 saturated heterocycles. The maximum Gasteiger partial charge on any atom is 0.233 e. The molecule has 0 unspecified atom stereocenters. The molecule has 0 aromatic rings. The monoisotopic (exact) mass is 234 g/mol. The first-order valence-corrected chi connectivity index (χ1v) is 4.40. The lowest BCUT2D eigenvalue weighted by Crippen LogP contribution is -2.49. The molecule has 0 amide bonds. The van der Waals surface area contributed by atoms with E-state index in [1.165, 1.54) is 0 Å². The molecule has 16 heavy (non-hydrogen) atoms. The summed E-state index contributed by atoms with van der Waals surface area (Å²) in [5.41, 5.74) is 0. The number of aliphatic hydroxyl groups is 5. The molecule has 0 aromatic carbocycles. The average Bonchev–Trinajstić information content (AvgIpc) is 2.32. The van der Waals surface area contributed by atoms with E-state index in [9.17, 15) is 19.8 Å². The Bertz CT molecular complexity index is 275. The number of allylic oxidation sites excluding steroid dienone is 1. The highest BCUT2D eigenvalue weighted by molar-refractivity contribution is 6.43. The van der Waals surface area contributed by atoms with Gasteiger partial charge in [0, 0.05) is 0 Å². The molecule has 0 aliphatic carbocycles. The first-order valence-electron chi connectivity index (χ1n) is 4.40. The highest BCUT2D eigenvalue weighted by atomic mass is 16.4. The summed E-state index contributed by atoms with van der Waals surface area (Å²) in [4.78, 5) is 21.8. The van der Waals surface area contributed by atoms with Gasteiger partial charge in [-0.2, -0.15) is 0 Å². The van der Waals surface area contributed by atoms with Gasteiger partial charge in [-0.05, 0) is 6.08 Å². The molecule has 0 aliphatic rings. The van der Waals surface area contributed by atoms with Crippen LogP contribution in [0.15, 0.2) is 12.7 Å². The second kappa shape index (κ2) is 6.46. The SMILES string of the molecule is C=CC(=O)C(=O)[C@H](O)[C@@H](O)[C@@H](O)[C@H](O)CO. The van der Waals surface area contributed by atoms with Crippen molar-refractivity contribution < 1.29 is 35.1 Å². The summed E-state index contributed by atoms with van der Waals surface area (Å²) in [5, 5.41) is 45.0. The van der Waals surface area contributed by atoms with Crippen molar-refractivity contribution in [2.24, 2.45) is 0 Å². The van der Waals surface area contributed by atoms with Crippen molar-refractivity contribution in [2.75, 3.05) is 6.61 Å². The molecule has 7 heteroatoms. The van der Waals surface area contributed by atoms with Crippen LogP contribution in [0, 0.1) is 0 Å². The zero-order valence-electron chi connectivity index (χ0n) is 8.35. The third kappa shape index (κ3) is 3.47. The Morgan fingerprint density at radius 2 is 1.62 bits per heavy atom. The van der Waals surface area contributed by atoms with Gasteiger partial charge in [0.05, 0.1) is 6.61 Å². The van der Waals surface area contributed by atoms with Crippen LogP contribution in [0.3, 0.4) is 0 Å². The van der Waals surface area contributed by atoms with Crippen LogP contribution >= 0.6 is 0 Å². The number of hydrogen-bond donors (Lipinski definition) is 5. The lowest BCUT2D eigenvalue weighted by atomic mass is 9.98. The topological polar surface area (TPSA) is 135 Å². The van der Waals surface area contributed by atoms with Gasteiger partial charge >= 0.3 is 0 Å². The number of hydrogen-bond acceptors (Lipinski definition) is 7. The molecule has 0 heterocycles. The summed E-state index contributed by atoms with van der Waals surface area (Å²) in [6.07, 6.45) is -7.27. The molecule has 0 radical (unpaired) electrons. The normalized spacial score (nSPS) is 18.3. The zero-order valence-corrected chi connectivity index (χ0v) is 8.35. The molecular weight excluding hydrogens is 220 g/mol. The molecule has 0 spiro atoms. The van der Waals surface area contributed by atoms with E-state index in [2.05, 4.69) is 6.58 Å². The lowest BCUT2D eigenvalue weighted by Gasteiger charge is -2.24. The maximum atomic E-state index is 11.0. The van der Waals surface area contributed by atoms with Crippen molar-refractivity contribution in [1.82, 2.24) is 0 Å². The summed E-state index contributed by atoms with van der Waals surface area (Å²) in [7, 11) is 0. The van der Waals surface area contributed by atoms with E-state index < -0.39 is 42.6 Å². The first kappa shape index (κ1) is 14.9. The average molecular weight is 234 g/mol. The number of ketones is 2. The van der Waals surface area contributed by atoms with Gasteiger partial charge in [-0.25, -0.2) is 0 Å². The molecule has 0 aromatic heterocycles.